The molecule has 0 unspecified atom stereocenters. The molecule has 2 aliphatic heterocycles. The molecule has 0 aliphatic carbocycles. The van der Waals surface area contributed by atoms with Crippen LogP contribution in [0.4, 0.5) is 0 Å². The molecule has 2 amide bonds. The van der Waals surface area contributed by atoms with Crippen molar-refractivity contribution in [3.63, 3.8) is 0 Å². The summed E-state index contributed by atoms with van der Waals surface area (Å²) >= 11 is 0. The minimum Gasteiger partial charge on any atom is -0.341 e. The predicted octanol–water partition coefficient (Wildman–Crippen LogP) is 3.32. The maximum atomic E-state index is 13.2. The van der Waals surface area contributed by atoms with Gasteiger partial charge in [0.05, 0.1) is 0 Å². The summed E-state index contributed by atoms with van der Waals surface area (Å²) in [6.45, 7) is 8.68. The van der Waals surface area contributed by atoms with Gasteiger partial charge in [0.15, 0.2) is 0 Å². The molecule has 4 nitrogen and oxygen atoms in total. The van der Waals surface area contributed by atoms with E-state index in [2.05, 4.69) is 20.8 Å². The highest BCUT2D eigenvalue weighted by molar-refractivity contribution is 6.01. The first kappa shape index (κ1) is 17.0. The molecule has 1 fully saturated rings. The highest BCUT2D eigenvalue weighted by Crippen LogP contribution is 2.28. The maximum Gasteiger partial charge on any atom is 0.255 e. The maximum absolute atomic E-state index is 13.2. The Morgan fingerprint density at radius 1 is 1.21 bits per heavy atom. The van der Waals surface area contributed by atoms with E-state index in [4.69, 9.17) is 0 Å². The molecule has 130 valence electrons. The first-order valence-electron chi connectivity index (χ1n) is 9.15. The van der Waals surface area contributed by atoms with E-state index in [-0.39, 0.29) is 17.9 Å². The topological polar surface area (TPSA) is 40.6 Å². The van der Waals surface area contributed by atoms with Crippen molar-refractivity contribution in [2.45, 2.75) is 52.6 Å². The summed E-state index contributed by atoms with van der Waals surface area (Å²) in [7, 11) is 0. The molecule has 2 aliphatic rings. The highest BCUT2D eigenvalue weighted by Gasteiger charge is 2.38. The number of benzene rings is 1. The zero-order valence-corrected chi connectivity index (χ0v) is 15.0. The Morgan fingerprint density at radius 2 is 1.88 bits per heavy atom. The molecule has 3 rings (SSSR count). The van der Waals surface area contributed by atoms with Crippen LogP contribution < -0.4 is 0 Å². The number of nitrogens with zero attached hydrogens (tertiary/aromatic N) is 2. The van der Waals surface area contributed by atoms with Crippen molar-refractivity contribution >= 4 is 11.8 Å². The third kappa shape index (κ3) is 3.33. The molecule has 0 bridgehead atoms. The number of amides is 2. The number of likely N-dealkylation sites (tertiary alicyclic amines) is 1. The fourth-order valence-electron chi connectivity index (χ4n) is 3.78. The second-order valence-electron chi connectivity index (χ2n) is 7.74. The summed E-state index contributed by atoms with van der Waals surface area (Å²) in [5.41, 5.74) is 1.79. The van der Waals surface area contributed by atoms with Crippen LogP contribution in [0.25, 0.3) is 0 Å². The van der Waals surface area contributed by atoms with E-state index in [1.54, 1.807) is 4.90 Å². The van der Waals surface area contributed by atoms with Gasteiger partial charge < -0.3 is 9.80 Å². The zero-order chi connectivity index (χ0) is 17.3. The Hall–Kier alpha value is -1.84. The largest absolute Gasteiger partial charge is 0.341 e. The van der Waals surface area contributed by atoms with Gasteiger partial charge in [0.25, 0.3) is 5.91 Å². The van der Waals surface area contributed by atoms with Crippen molar-refractivity contribution in [2.24, 2.45) is 11.8 Å². The molecular formula is C20H28N2O2. The summed E-state index contributed by atoms with van der Waals surface area (Å²) in [6, 6.07) is 7.38. The number of fused-ring (bicyclic) bond motifs is 1. The quantitative estimate of drug-likeness (QED) is 0.851. The Morgan fingerprint density at radius 3 is 2.50 bits per heavy atom. The number of hydrogen-bond acceptors (Lipinski definition) is 2. The van der Waals surface area contributed by atoms with Crippen LogP contribution in [0.5, 0.6) is 0 Å². The molecule has 1 atom stereocenters. The smallest absolute Gasteiger partial charge is 0.255 e. The van der Waals surface area contributed by atoms with Gasteiger partial charge in [-0.3, -0.25) is 9.59 Å². The van der Waals surface area contributed by atoms with E-state index in [0.29, 0.717) is 18.4 Å². The lowest BCUT2D eigenvalue weighted by Crippen LogP contribution is -2.51. The molecule has 24 heavy (non-hydrogen) atoms. The van der Waals surface area contributed by atoms with Gasteiger partial charge in [-0.1, -0.05) is 39.0 Å². The fraction of sp³-hybridized carbons (Fsp3) is 0.600. The second-order valence-corrected chi connectivity index (χ2v) is 7.74. The van der Waals surface area contributed by atoms with Crippen LogP contribution in [0.3, 0.4) is 0 Å². The Labute approximate surface area is 144 Å². The summed E-state index contributed by atoms with van der Waals surface area (Å²) in [6.07, 6.45) is 2.85. The summed E-state index contributed by atoms with van der Waals surface area (Å²) in [5, 5.41) is 0. The third-order valence-corrected chi connectivity index (χ3v) is 5.30. The number of rotatable bonds is 4. The average molecular weight is 328 g/mol. The van der Waals surface area contributed by atoms with E-state index < -0.39 is 0 Å². The fourth-order valence-corrected chi connectivity index (χ4v) is 3.78. The first-order valence-corrected chi connectivity index (χ1v) is 9.15. The lowest BCUT2D eigenvalue weighted by atomic mass is 9.96. The van der Waals surface area contributed by atoms with Crippen LogP contribution in [-0.2, 0) is 11.3 Å². The molecule has 1 saturated heterocycles. The SMILES string of the molecule is CC(C)C[C@H](C(=O)N1CCC(C)CC1)N1Cc2ccccc2C1=O. The highest BCUT2D eigenvalue weighted by atomic mass is 16.2. The van der Waals surface area contributed by atoms with Crippen LogP contribution in [-0.4, -0.2) is 40.7 Å². The van der Waals surface area contributed by atoms with Crippen molar-refractivity contribution in [1.29, 1.82) is 0 Å². The van der Waals surface area contributed by atoms with Gasteiger partial charge in [-0.2, -0.15) is 0 Å². The Bertz CT molecular complexity index is 618. The summed E-state index contributed by atoms with van der Waals surface area (Å²) in [5.74, 6) is 1.21. The average Bonchev–Trinajstić information content (AvgIpc) is 2.90. The van der Waals surface area contributed by atoms with Gasteiger partial charge >= 0.3 is 0 Å². The lowest BCUT2D eigenvalue weighted by Gasteiger charge is -2.36. The monoisotopic (exact) mass is 328 g/mol. The van der Waals surface area contributed by atoms with E-state index in [0.717, 1.165) is 43.5 Å². The molecule has 0 aromatic heterocycles. The van der Waals surface area contributed by atoms with Crippen LogP contribution >= 0.6 is 0 Å². The minimum absolute atomic E-state index is 0.00924. The van der Waals surface area contributed by atoms with E-state index in [1.807, 2.05) is 29.2 Å². The lowest BCUT2D eigenvalue weighted by molar-refractivity contribution is -0.138. The first-order chi connectivity index (χ1) is 11.5. The number of carbonyl (C=O) groups is 2. The van der Waals surface area contributed by atoms with Crippen molar-refractivity contribution in [3.05, 3.63) is 35.4 Å². The van der Waals surface area contributed by atoms with Gasteiger partial charge in [-0.05, 0) is 42.7 Å². The summed E-state index contributed by atoms with van der Waals surface area (Å²) < 4.78 is 0. The number of piperidine rings is 1. The van der Waals surface area contributed by atoms with Gasteiger partial charge in [0.2, 0.25) is 5.91 Å². The minimum atomic E-state index is -0.335. The number of hydrogen-bond donors (Lipinski definition) is 0. The van der Waals surface area contributed by atoms with Gasteiger partial charge in [-0.15, -0.1) is 0 Å². The third-order valence-electron chi connectivity index (χ3n) is 5.30. The zero-order valence-electron chi connectivity index (χ0n) is 15.0. The van der Waals surface area contributed by atoms with Crippen LogP contribution in [0.15, 0.2) is 24.3 Å². The molecule has 0 spiro atoms. The van der Waals surface area contributed by atoms with Crippen LogP contribution in [0.2, 0.25) is 0 Å². The standard InChI is InChI=1S/C20H28N2O2/c1-14(2)12-18(20(24)21-10-8-15(3)9-11-21)22-13-16-6-4-5-7-17(16)19(22)23/h4-7,14-15,18H,8-13H2,1-3H3/t18-/m1/s1. The predicted molar refractivity (Wildman–Crippen MR) is 94.5 cm³/mol. The molecule has 2 heterocycles. The van der Waals surface area contributed by atoms with Crippen molar-refractivity contribution in [3.8, 4) is 0 Å². The molecule has 1 aromatic rings. The molecule has 0 saturated carbocycles. The van der Waals surface area contributed by atoms with E-state index in [1.165, 1.54) is 0 Å². The van der Waals surface area contributed by atoms with Crippen molar-refractivity contribution in [1.82, 2.24) is 9.80 Å². The molecule has 0 radical (unpaired) electrons. The Kier molecular flexibility index (Phi) is 4.93. The number of carbonyl (C=O) groups excluding carboxylic acids is 2. The van der Waals surface area contributed by atoms with Gasteiger partial charge in [-0.25, -0.2) is 0 Å². The van der Waals surface area contributed by atoms with Crippen LogP contribution in [0, 0.1) is 11.8 Å². The Balaban J connectivity index is 1.80. The van der Waals surface area contributed by atoms with Gasteiger partial charge in [0.1, 0.15) is 6.04 Å². The second kappa shape index (κ2) is 6.96. The van der Waals surface area contributed by atoms with Crippen LogP contribution in [0.1, 0.15) is 56.0 Å². The van der Waals surface area contributed by atoms with Crippen molar-refractivity contribution < 1.29 is 9.59 Å². The van der Waals surface area contributed by atoms with Gasteiger partial charge in [0, 0.05) is 25.2 Å². The molecular weight excluding hydrogens is 300 g/mol. The molecule has 0 N–H and O–H groups in total. The normalized spacial score (nSPS) is 19.8. The molecule has 1 aromatic carbocycles. The summed E-state index contributed by atoms with van der Waals surface area (Å²) in [4.78, 5) is 29.7. The van der Waals surface area contributed by atoms with Crippen molar-refractivity contribution in [2.75, 3.05) is 13.1 Å². The molecule has 4 heteroatoms. The van der Waals surface area contributed by atoms with E-state index in [9.17, 15) is 9.59 Å². The van der Waals surface area contributed by atoms with E-state index >= 15 is 0 Å².